The van der Waals surface area contributed by atoms with Crippen LogP contribution in [0.25, 0.3) is 0 Å². The molecular formula is C9H20N2. The van der Waals surface area contributed by atoms with Crippen LogP contribution in [0, 0.1) is 0 Å². The van der Waals surface area contributed by atoms with Crippen molar-refractivity contribution in [3.8, 4) is 0 Å². The molecule has 2 heteroatoms. The highest BCUT2D eigenvalue weighted by Crippen LogP contribution is 2.14. The van der Waals surface area contributed by atoms with Gasteiger partial charge in [0.05, 0.1) is 0 Å². The fourth-order valence-electron chi connectivity index (χ4n) is 1.71. The Labute approximate surface area is 69.8 Å². The summed E-state index contributed by atoms with van der Waals surface area (Å²) in [6.45, 7) is 8.02. The molecule has 0 aromatic heterocycles. The summed E-state index contributed by atoms with van der Waals surface area (Å²) < 4.78 is 0. The molecule has 0 unspecified atom stereocenters. The van der Waals surface area contributed by atoms with E-state index in [2.05, 4.69) is 24.5 Å². The Kier molecular flexibility index (Phi) is 3.34. The molecule has 0 aromatic rings. The number of rotatable bonds is 2. The fourth-order valence-corrected chi connectivity index (χ4v) is 1.71. The van der Waals surface area contributed by atoms with Crippen LogP contribution in [0.1, 0.15) is 33.1 Å². The van der Waals surface area contributed by atoms with Crippen molar-refractivity contribution in [2.24, 2.45) is 0 Å². The first-order chi connectivity index (χ1) is 5.33. The van der Waals surface area contributed by atoms with Gasteiger partial charge in [-0.2, -0.15) is 0 Å². The second-order valence-corrected chi connectivity index (χ2v) is 3.44. The van der Waals surface area contributed by atoms with E-state index in [0.29, 0.717) is 5.54 Å². The van der Waals surface area contributed by atoms with Crippen LogP contribution < -0.4 is 10.6 Å². The maximum absolute atomic E-state index is 3.63. The van der Waals surface area contributed by atoms with Gasteiger partial charge in [-0.1, -0.05) is 13.8 Å². The van der Waals surface area contributed by atoms with E-state index in [1.54, 1.807) is 0 Å². The second kappa shape index (κ2) is 4.07. The maximum Gasteiger partial charge on any atom is 0.0301 e. The molecule has 1 heterocycles. The molecule has 1 aliphatic rings. The van der Waals surface area contributed by atoms with Crippen LogP contribution in [0.4, 0.5) is 0 Å². The lowest BCUT2D eigenvalue weighted by molar-refractivity contribution is 0.311. The third-order valence-electron chi connectivity index (χ3n) is 2.85. The molecule has 0 bridgehead atoms. The second-order valence-electron chi connectivity index (χ2n) is 3.44. The first kappa shape index (κ1) is 9.01. The highest BCUT2D eigenvalue weighted by atomic mass is 15.1. The van der Waals surface area contributed by atoms with Crippen LogP contribution in [0.5, 0.6) is 0 Å². The third kappa shape index (κ3) is 2.17. The van der Waals surface area contributed by atoms with Crippen LogP contribution in [0.2, 0.25) is 0 Å². The minimum Gasteiger partial charge on any atom is -0.315 e. The average molecular weight is 156 g/mol. The van der Waals surface area contributed by atoms with Crippen molar-refractivity contribution >= 4 is 0 Å². The van der Waals surface area contributed by atoms with Crippen LogP contribution >= 0.6 is 0 Å². The lowest BCUT2D eigenvalue weighted by Gasteiger charge is -2.31. The van der Waals surface area contributed by atoms with E-state index < -0.39 is 0 Å². The summed E-state index contributed by atoms with van der Waals surface area (Å²) in [5.74, 6) is 0. The molecule has 1 saturated heterocycles. The molecule has 66 valence electrons. The standard InChI is InChI=1S/C9H20N2/c1-3-9(4-2)8-10-6-5-7-11-9/h10-11H,3-8H2,1-2H3. The molecule has 2 nitrogen and oxygen atoms in total. The Balaban J connectivity index is 2.49. The molecule has 2 N–H and O–H groups in total. The Morgan fingerprint density at radius 1 is 1.18 bits per heavy atom. The summed E-state index contributed by atoms with van der Waals surface area (Å²) in [5, 5.41) is 7.11. The minimum atomic E-state index is 0.385. The molecule has 0 aromatic carbocycles. The van der Waals surface area contributed by atoms with Crippen molar-refractivity contribution < 1.29 is 0 Å². The zero-order valence-electron chi connectivity index (χ0n) is 7.74. The molecule has 0 saturated carbocycles. The Morgan fingerprint density at radius 3 is 2.55 bits per heavy atom. The molecular weight excluding hydrogens is 136 g/mol. The van der Waals surface area contributed by atoms with Crippen LogP contribution in [0.3, 0.4) is 0 Å². The van der Waals surface area contributed by atoms with Crippen molar-refractivity contribution in [3.63, 3.8) is 0 Å². The number of hydrogen-bond donors (Lipinski definition) is 2. The van der Waals surface area contributed by atoms with Gasteiger partial charge < -0.3 is 10.6 Å². The SMILES string of the molecule is CCC1(CC)CNCCCN1. The van der Waals surface area contributed by atoms with Gasteiger partial charge in [0, 0.05) is 12.1 Å². The molecule has 0 atom stereocenters. The van der Waals surface area contributed by atoms with Gasteiger partial charge in [0.15, 0.2) is 0 Å². The van der Waals surface area contributed by atoms with Gasteiger partial charge in [-0.3, -0.25) is 0 Å². The van der Waals surface area contributed by atoms with E-state index in [9.17, 15) is 0 Å². The zero-order valence-corrected chi connectivity index (χ0v) is 7.74. The summed E-state index contributed by atoms with van der Waals surface area (Å²) in [7, 11) is 0. The van der Waals surface area contributed by atoms with Crippen LogP contribution in [0.15, 0.2) is 0 Å². The quantitative estimate of drug-likeness (QED) is 0.626. The van der Waals surface area contributed by atoms with Crippen LogP contribution in [-0.2, 0) is 0 Å². The van der Waals surface area contributed by atoms with Gasteiger partial charge in [-0.15, -0.1) is 0 Å². The zero-order chi connectivity index (χ0) is 8.16. The monoisotopic (exact) mass is 156 g/mol. The van der Waals surface area contributed by atoms with Crippen molar-refractivity contribution in [3.05, 3.63) is 0 Å². The third-order valence-corrected chi connectivity index (χ3v) is 2.85. The summed E-state index contributed by atoms with van der Waals surface area (Å²) >= 11 is 0. The lowest BCUT2D eigenvalue weighted by Crippen LogP contribution is -2.49. The van der Waals surface area contributed by atoms with E-state index in [1.165, 1.54) is 32.4 Å². The molecule has 1 aliphatic heterocycles. The molecule has 0 spiro atoms. The van der Waals surface area contributed by atoms with E-state index in [1.807, 2.05) is 0 Å². The predicted molar refractivity (Wildman–Crippen MR) is 48.8 cm³/mol. The summed E-state index contributed by atoms with van der Waals surface area (Å²) in [6.07, 6.45) is 3.73. The highest BCUT2D eigenvalue weighted by Gasteiger charge is 2.25. The smallest absolute Gasteiger partial charge is 0.0301 e. The molecule has 0 amide bonds. The highest BCUT2D eigenvalue weighted by molar-refractivity contribution is 4.89. The molecule has 1 fully saturated rings. The van der Waals surface area contributed by atoms with Crippen molar-refractivity contribution in [2.45, 2.75) is 38.6 Å². The average Bonchev–Trinajstić information content (AvgIpc) is 2.30. The van der Waals surface area contributed by atoms with Gasteiger partial charge >= 0.3 is 0 Å². The van der Waals surface area contributed by atoms with Gasteiger partial charge in [0.25, 0.3) is 0 Å². The fraction of sp³-hybridized carbons (Fsp3) is 1.00. The maximum atomic E-state index is 3.63. The molecule has 11 heavy (non-hydrogen) atoms. The lowest BCUT2D eigenvalue weighted by atomic mass is 9.93. The Morgan fingerprint density at radius 2 is 1.91 bits per heavy atom. The molecule has 0 radical (unpaired) electrons. The first-order valence-corrected chi connectivity index (χ1v) is 4.79. The van der Waals surface area contributed by atoms with E-state index in [0.717, 1.165) is 6.54 Å². The number of nitrogens with one attached hydrogen (secondary N) is 2. The van der Waals surface area contributed by atoms with Crippen molar-refractivity contribution in [1.82, 2.24) is 10.6 Å². The Hall–Kier alpha value is -0.0800. The Bertz CT molecular complexity index is 98.1. The van der Waals surface area contributed by atoms with Gasteiger partial charge in [0.2, 0.25) is 0 Å². The largest absolute Gasteiger partial charge is 0.315 e. The van der Waals surface area contributed by atoms with E-state index in [4.69, 9.17) is 0 Å². The van der Waals surface area contributed by atoms with Crippen molar-refractivity contribution in [2.75, 3.05) is 19.6 Å². The van der Waals surface area contributed by atoms with Crippen LogP contribution in [-0.4, -0.2) is 25.2 Å². The van der Waals surface area contributed by atoms with E-state index in [-0.39, 0.29) is 0 Å². The molecule has 0 aliphatic carbocycles. The summed E-state index contributed by atoms with van der Waals surface area (Å²) in [6, 6.07) is 0. The normalized spacial score (nSPS) is 24.5. The number of hydrogen-bond acceptors (Lipinski definition) is 2. The van der Waals surface area contributed by atoms with Gasteiger partial charge in [-0.25, -0.2) is 0 Å². The first-order valence-electron chi connectivity index (χ1n) is 4.79. The van der Waals surface area contributed by atoms with Gasteiger partial charge in [-0.05, 0) is 32.4 Å². The van der Waals surface area contributed by atoms with Gasteiger partial charge in [0.1, 0.15) is 0 Å². The predicted octanol–water partition coefficient (Wildman–Crippen LogP) is 1.13. The summed E-state index contributed by atoms with van der Waals surface area (Å²) in [5.41, 5.74) is 0.385. The molecule has 1 rings (SSSR count). The summed E-state index contributed by atoms with van der Waals surface area (Å²) in [4.78, 5) is 0. The minimum absolute atomic E-state index is 0.385. The van der Waals surface area contributed by atoms with Crippen molar-refractivity contribution in [1.29, 1.82) is 0 Å². The van der Waals surface area contributed by atoms with E-state index >= 15 is 0 Å². The topological polar surface area (TPSA) is 24.1 Å².